The Morgan fingerprint density at radius 2 is 2.07 bits per heavy atom. The van der Waals surface area contributed by atoms with Crippen molar-refractivity contribution in [3.05, 3.63) is 55.6 Å². The Kier molecular flexibility index (Phi) is 5.72. The van der Waals surface area contributed by atoms with Gasteiger partial charge in [-0.1, -0.05) is 6.07 Å². The second-order valence-corrected chi connectivity index (χ2v) is 9.12. The summed E-state index contributed by atoms with van der Waals surface area (Å²) in [7, 11) is 0. The van der Waals surface area contributed by atoms with E-state index >= 15 is 0 Å². The number of H-pyrrole nitrogens is 1. The third kappa shape index (κ3) is 4.34. The van der Waals surface area contributed by atoms with Gasteiger partial charge in [0, 0.05) is 17.5 Å². The van der Waals surface area contributed by atoms with Crippen molar-refractivity contribution in [2.45, 2.75) is 46.2 Å². The second-order valence-electron chi connectivity index (χ2n) is 8.07. The van der Waals surface area contributed by atoms with Gasteiger partial charge in [0.15, 0.2) is 0 Å². The van der Waals surface area contributed by atoms with E-state index in [0.29, 0.717) is 11.1 Å². The SMILES string of the molecule is C/C(CN(C(C)C=O)C(C)(C)C)=c1/[nH]c(=O)/c(=C/c2ccc3occc3c2)s1. The van der Waals surface area contributed by atoms with E-state index < -0.39 is 0 Å². The number of carbonyl (C=O) groups excluding carboxylic acids is 1. The number of thiazole rings is 1. The first-order valence-electron chi connectivity index (χ1n) is 9.29. The van der Waals surface area contributed by atoms with Crippen LogP contribution in [0.2, 0.25) is 0 Å². The Hall–Kier alpha value is -2.44. The number of aromatic amines is 1. The van der Waals surface area contributed by atoms with Gasteiger partial charge in [-0.25, -0.2) is 0 Å². The molecule has 1 atom stereocenters. The fourth-order valence-electron chi connectivity index (χ4n) is 3.25. The largest absolute Gasteiger partial charge is 0.464 e. The lowest BCUT2D eigenvalue weighted by Gasteiger charge is -2.38. The zero-order valence-corrected chi connectivity index (χ0v) is 17.7. The number of nitrogens with one attached hydrogen (secondary N) is 1. The summed E-state index contributed by atoms with van der Waals surface area (Å²) in [6.07, 6.45) is 4.51. The first-order valence-corrected chi connectivity index (χ1v) is 10.1. The molecule has 0 radical (unpaired) electrons. The number of rotatable bonds is 5. The Labute approximate surface area is 168 Å². The topological polar surface area (TPSA) is 66.3 Å². The Balaban J connectivity index is 1.99. The van der Waals surface area contributed by atoms with Crippen molar-refractivity contribution in [3.63, 3.8) is 0 Å². The van der Waals surface area contributed by atoms with E-state index in [4.69, 9.17) is 4.42 Å². The molecule has 0 aliphatic carbocycles. The number of carbonyl (C=O) groups is 1. The standard InChI is InChI=1S/C22H26N2O3S/c1-14(12-24(15(2)13-25)22(3,4)5)21-23-20(26)19(28-21)11-16-6-7-18-17(10-16)8-9-27-18/h6-11,13,15H,12H2,1-5H3,(H,23,26)/b19-11-,21-14+. The van der Waals surface area contributed by atoms with Crippen molar-refractivity contribution < 1.29 is 9.21 Å². The van der Waals surface area contributed by atoms with Crippen LogP contribution in [0.25, 0.3) is 22.6 Å². The number of fused-ring (bicyclic) bond motifs is 1. The quantitative estimate of drug-likeness (QED) is 0.671. The van der Waals surface area contributed by atoms with E-state index in [1.54, 1.807) is 6.26 Å². The molecule has 2 aromatic heterocycles. The highest BCUT2D eigenvalue weighted by Crippen LogP contribution is 2.18. The molecule has 0 aliphatic rings. The summed E-state index contributed by atoms with van der Waals surface area (Å²) in [5, 5.41) is 1.01. The molecular weight excluding hydrogens is 372 g/mol. The third-order valence-electron chi connectivity index (χ3n) is 4.78. The highest BCUT2D eigenvalue weighted by molar-refractivity contribution is 7.07. The average Bonchev–Trinajstić information content (AvgIpc) is 3.24. The molecule has 148 valence electrons. The Bertz CT molecular complexity index is 1160. The fraction of sp³-hybridized carbons (Fsp3) is 0.364. The maximum absolute atomic E-state index is 12.5. The van der Waals surface area contributed by atoms with E-state index in [0.717, 1.165) is 33.1 Å². The van der Waals surface area contributed by atoms with Crippen LogP contribution in [-0.4, -0.2) is 34.3 Å². The molecule has 1 aromatic carbocycles. The molecule has 0 aliphatic heterocycles. The maximum Gasteiger partial charge on any atom is 0.266 e. The predicted molar refractivity (Wildman–Crippen MR) is 115 cm³/mol. The highest BCUT2D eigenvalue weighted by atomic mass is 32.1. The first kappa shape index (κ1) is 20.3. The van der Waals surface area contributed by atoms with E-state index in [1.807, 2.05) is 44.2 Å². The van der Waals surface area contributed by atoms with E-state index in [9.17, 15) is 9.59 Å². The minimum Gasteiger partial charge on any atom is -0.464 e. The van der Waals surface area contributed by atoms with Crippen molar-refractivity contribution in [2.75, 3.05) is 6.54 Å². The lowest BCUT2D eigenvalue weighted by molar-refractivity contribution is -0.113. The minimum absolute atomic E-state index is 0.0996. The van der Waals surface area contributed by atoms with Crippen LogP contribution in [0.5, 0.6) is 0 Å². The summed E-state index contributed by atoms with van der Waals surface area (Å²) in [6, 6.07) is 7.55. The van der Waals surface area contributed by atoms with Gasteiger partial charge in [-0.05, 0) is 70.0 Å². The molecule has 0 saturated heterocycles. The van der Waals surface area contributed by atoms with E-state index in [-0.39, 0.29) is 17.1 Å². The molecule has 1 N–H and O–H groups in total. The lowest BCUT2D eigenvalue weighted by Crippen LogP contribution is -2.48. The molecule has 0 spiro atoms. The Morgan fingerprint density at radius 3 is 2.75 bits per heavy atom. The molecule has 0 amide bonds. The van der Waals surface area contributed by atoms with Crippen LogP contribution in [-0.2, 0) is 4.79 Å². The lowest BCUT2D eigenvalue weighted by atomic mass is 10.0. The molecule has 0 bridgehead atoms. The number of aldehydes is 1. The fourth-order valence-corrected chi connectivity index (χ4v) is 4.20. The Morgan fingerprint density at radius 1 is 1.32 bits per heavy atom. The van der Waals surface area contributed by atoms with Crippen LogP contribution in [0.15, 0.2) is 39.7 Å². The van der Waals surface area contributed by atoms with Crippen molar-refractivity contribution in [2.24, 2.45) is 0 Å². The minimum atomic E-state index is -0.200. The summed E-state index contributed by atoms with van der Waals surface area (Å²) in [4.78, 5) is 28.9. The number of hydrogen-bond donors (Lipinski definition) is 1. The van der Waals surface area contributed by atoms with Gasteiger partial charge in [0.05, 0.1) is 21.5 Å². The molecule has 5 nitrogen and oxygen atoms in total. The van der Waals surface area contributed by atoms with Crippen molar-refractivity contribution in [1.29, 1.82) is 0 Å². The molecule has 6 heteroatoms. The zero-order valence-electron chi connectivity index (χ0n) is 16.9. The molecule has 3 aromatic rings. The maximum atomic E-state index is 12.5. The van der Waals surface area contributed by atoms with Crippen LogP contribution in [0, 0.1) is 0 Å². The van der Waals surface area contributed by atoms with Gasteiger partial charge in [-0.15, -0.1) is 11.3 Å². The molecule has 28 heavy (non-hydrogen) atoms. The van der Waals surface area contributed by atoms with Crippen LogP contribution in [0.3, 0.4) is 0 Å². The second kappa shape index (κ2) is 7.89. The van der Waals surface area contributed by atoms with Crippen molar-refractivity contribution in [1.82, 2.24) is 9.88 Å². The number of benzene rings is 1. The summed E-state index contributed by atoms with van der Waals surface area (Å²) in [5.41, 5.74) is 2.56. The van der Waals surface area contributed by atoms with Crippen molar-refractivity contribution in [3.8, 4) is 0 Å². The van der Waals surface area contributed by atoms with Crippen LogP contribution < -0.4 is 14.8 Å². The van der Waals surface area contributed by atoms with Gasteiger partial charge in [0.25, 0.3) is 5.56 Å². The van der Waals surface area contributed by atoms with Gasteiger partial charge < -0.3 is 14.2 Å². The third-order valence-corrected chi connectivity index (χ3v) is 5.96. The molecule has 1 unspecified atom stereocenters. The molecular formula is C22H26N2O3S. The molecule has 0 saturated carbocycles. The van der Waals surface area contributed by atoms with Gasteiger partial charge in [0.2, 0.25) is 0 Å². The number of furan rings is 1. The van der Waals surface area contributed by atoms with Crippen molar-refractivity contribution >= 4 is 40.2 Å². The number of hydrogen-bond acceptors (Lipinski definition) is 5. The molecule has 0 fully saturated rings. The van der Waals surface area contributed by atoms with Gasteiger partial charge in [0.1, 0.15) is 11.9 Å². The molecule has 2 heterocycles. The highest BCUT2D eigenvalue weighted by Gasteiger charge is 2.26. The predicted octanol–water partition coefficient (Wildman–Crippen LogP) is 2.87. The van der Waals surface area contributed by atoms with Crippen LogP contribution in [0.4, 0.5) is 0 Å². The van der Waals surface area contributed by atoms with Crippen LogP contribution in [0.1, 0.15) is 40.2 Å². The summed E-state index contributed by atoms with van der Waals surface area (Å²) >= 11 is 1.44. The smallest absolute Gasteiger partial charge is 0.266 e. The monoisotopic (exact) mass is 398 g/mol. The zero-order chi connectivity index (χ0) is 20.5. The summed E-state index contributed by atoms with van der Waals surface area (Å²) in [6.45, 7) is 10.8. The number of nitrogens with zero attached hydrogens (tertiary/aromatic N) is 1. The van der Waals surface area contributed by atoms with Crippen LogP contribution >= 0.6 is 11.3 Å². The van der Waals surface area contributed by atoms with Gasteiger partial charge >= 0.3 is 0 Å². The van der Waals surface area contributed by atoms with E-state index in [1.165, 1.54) is 11.3 Å². The molecule has 3 rings (SSSR count). The average molecular weight is 399 g/mol. The van der Waals surface area contributed by atoms with Gasteiger partial charge in [-0.2, -0.15) is 0 Å². The first-order chi connectivity index (χ1) is 13.2. The summed E-state index contributed by atoms with van der Waals surface area (Å²) in [5.74, 6) is 0. The number of aromatic nitrogens is 1. The normalized spacial score (nSPS) is 15.3. The summed E-state index contributed by atoms with van der Waals surface area (Å²) < 4.78 is 6.86. The van der Waals surface area contributed by atoms with E-state index in [2.05, 4.69) is 30.7 Å². The van der Waals surface area contributed by atoms with Gasteiger partial charge in [-0.3, -0.25) is 9.69 Å².